The van der Waals surface area contributed by atoms with E-state index in [2.05, 4.69) is 10.6 Å². The lowest BCUT2D eigenvalue weighted by atomic mass is 10.3. The van der Waals surface area contributed by atoms with E-state index in [1.54, 1.807) is 0 Å². The molecule has 0 bridgehead atoms. The monoisotopic (exact) mass is 142 g/mol. The minimum atomic E-state index is -0.463. The van der Waals surface area contributed by atoms with Crippen LogP contribution in [0.25, 0.3) is 0 Å². The van der Waals surface area contributed by atoms with Gasteiger partial charge in [-0.25, -0.2) is 4.79 Å². The van der Waals surface area contributed by atoms with Crippen LogP contribution in [0.4, 0.5) is 4.79 Å². The van der Waals surface area contributed by atoms with Gasteiger partial charge in [-0.15, -0.1) is 0 Å². The number of fused-ring (bicyclic) bond motifs is 1. The molecule has 2 rings (SSSR count). The predicted molar refractivity (Wildman–Crippen MR) is 30.0 cm³/mol. The first-order valence-corrected chi connectivity index (χ1v) is 3.01. The molecule has 0 aromatic rings. The molecule has 2 unspecified atom stereocenters. The van der Waals surface area contributed by atoms with Crippen LogP contribution in [-0.2, 0) is 9.53 Å². The number of nitrogens with one attached hydrogen (secondary N) is 2. The number of epoxide rings is 1. The smallest absolute Gasteiger partial charge is 0.323 e. The molecule has 0 aromatic carbocycles. The zero-order valence-electron chi connectivity index (χ0n) is 5.09. The summed E-state index contributed by atoms with van der Waals surface area (Å²) in [5, 5.41) is 4.59. The first-order chi connectivity index (χ1) is 4.75. The van der Waals surface area contributed by atoms with E-state index in [0.29, 0.717) is 0 Å². The fourth-order valence-electron chi connectivity index (χ4n) is 0.951. The molecule has 0 saturated carbocycles. The van der Waals surface area contributed by atoms with Crippen LogP contribution in [0.15, 0.2) is 0 Å². The average Bonchev–Trinajstić information content (AvgIpc) is 2.43. The van der Waals surface area contributed by atoms with Gasteiger partial charge in [-0.3, -0.25) is 10.1 Å². The van der Waals surface area contributed by atoms with Gasteiger partial charge in [-0.2, -0.15) is 0 Å². The predicted octanol–water partition coefficient (Wildman–Crippen LogP) is -1.06. The Bertz CT molecular complexity index is 183. The highest BCUT2D eigenvalue weighted by Gasteiger charge is 2.44. The molecular formula is C5H6N2O3. The number of amides is 3. The summed E-state index contributed by atoms with van der Waals surface area (Å²) in [6.45, 7) is 0. The number of hydrogen-bond acceptors (Lipinski definition) is 3. The fourth-order valence-corrected chi connectivity index (χ4v) is 0.951. The van der Waals surface area contributed by atoms with Crippen LogP contribution in [-0.4, -0.2) is 24.3 Å². The van der Waals surface area contributed by atoms with Crippen LogP contribution in [0.5, 0.6) is 0 Å². The summed E-state index contributed by atoms with van der Waals surface area (Å²) in [6, 6.07) is -0.463. The van der Waals surface area contributed by atoms with Crippen molar-refractivity contribution in [1.29, 1.82) is 0 Å². The average molecular weight is 142 g/mol. The molecule has 0 radical (unpaired) electrons. The Kier molecular flexibility index (Phi) is 0.960. The SMILES string of the molecule is O=C1CC2OC2NC(=O)N1. The van der Waals surface area contributed by atoms with Gasteiger partial charge in [0.15, 0.2) is 6.23 Å². The van der Waals surface area contributed by atoms with Crippen LogP contribution >= 0.6 is 0 Å². The molecule has 0 aromatic heterocycles. The summed E-state index contributed by atoms with van der Waals surface area (Å²) in [5.74, 6) is -0.275. The molecule has 5 nitrogen and oxygen atoms in total. The first-order valence-electron chi connectivity index (χ1n) is 3.01. The molecule has 2 fully saturated rings. The normalized spacial score (nSPS) is 37.2. The third kappa shape index (κ3) is 0.841. The fraction of sp³-hybridized carbons (Fsp3) is 0.600. The minimum Gasteiger partial charge on any atom is -0.347 e. The second-order valence-electron chi connectivity index (χ2n) is 2.32. The van der Waals surface area contributed by atoms with Gasteiger partial charge >= 0.3 is 6.03 Å². The molecule has 0 spiro atoms. The van der Waals surface area contributed by atoms with Gasteiger partial charge in [0, 0.05) is 0 Å². The van der Waals surface area contributed by atoms with E-state index in [1.165, 1.54) is 0 Å². The summed E-state index contributed by atoms with van der Waals surface area (Å²) >= 11 is 0. The van der Waals surface area contributed by atoms with Gasteiger partial charge < -0.3 is 10.1 Å². The van der Waals surface area contributed by atoms with Crippen molar-refractivity contribution in [3.63, 3.8) is 0 Å². The van der Waals surface area contributed by atoms with Crippen molar-refractivity contribution >= 4 is 11.9 Å². The molecule has 2 aliphatic rings. The van der Waals surface area contributed by atoms with Crippen molar-refractivity contribution in [3.05, 3.63) is 0 Å². The van der Waals surface area contributed by atoms with Crippen molar-refractivity contribution in [2.24, 2.45) is 0 Å². The molecule has 5 heteroatoms. The number of imide groups is 1. The maximum absolute atomic E-state index is 10.7. The van der Waals surface area contributed by atoms with Gasteiger partial charge in [-0.1, -0.05) is 0 Å². The number of carbonyl (C=O) groups is 2. The number of hydrogen-bond donors (Lipinski definition) is 2. The van der Waals surface area contributed by atoms with E-state index in [1.807, 2.05) is 0 Å². The van der Waals surface area contributed by atoms with Crippen molar-refractivity contribution in [1.82, 2.24) is 10.6 Å². The molecule has 54 valence electrons. The van der Waals surface area contributed by atoms with Crippen LogP contribution in [0, 0.1) is 0 Å². The largest absolute Gasteiger partial charge is 0.347 e. The lowest BCUT2D eigenvalue weighted by Crippen LogP contribution is -2.38. The number of urea groups is 1. The zero-order valence-corrected chi connectivity index (χ0v) is 5.09. The van der Waals surface area contributed by atoms with E-state index < -0.39 is 6.03 Å². The first kappa shape index (κ1) is 5.67. The van der Waals surface area contributed by atoms with Crippen molar-refractivity contribution in [2.45, 2.75) is 18.8 Å². The van der Waals surface area contributed by atoms with E-state index in [0.717, 1.165) is 0 Å². The summed E-state index contributed by atoms with van der Waals surface area (Å²) in [6.07, 6.45) is -0.0402. The Balaban J connectivity index is 2.09. The van der Waals surface area contributed by atoms with E-state index >= 15 is 0 Å². The van der Waals surface area contributed by atoms with Crippen LogP contribution < -0.4 is 10.6 Å². The van der Waals surface area contributed by atoms with Gasteiger partial charge in [0.1, 0.15) is 6.10 Å². The number of ether oxygens (including phenoxy) is 1. The molecule has 0 aliphatic carbocycles. The zero-order chi connectivity index (χ0) is 7.14. The van der Waals surface area contributed by atoms with Gasteiger partial charge in [0.25, 0.3) is 0 Å². The lowest BCUT2D eigenvalue weighted by molar-refractivity contribution is -0.120. The van der Waals surface area contributed by atoms with Crippen LogP contribution in [0.1, 0.15) is 6.42 Å². The Hall–Kier alpha value is -1.10. The highest BCUT2D eigenvalue weighted by Crippen LogP contribution is 2.23. The minimum absolute atomic E-state index is 0.0913. The molecule has 2 heterocycles. The second kappa shape index (κ2) is 1.69. The van der Waals surface area contributed by atoms with E-state index in [-0.39, 0.29) is 24.7 Å². The second-order valence-corrected chi connectivity index (χ2v) is 2.32. The summed E-state index contributed by atoms with van der Waals surface area (Å²) in [7, 11) is 0. The Morgan fingerprint density at radius 1 is 1.50 bits per heavy atom. The third-order valence-corrected chi connectivity index (χ3v) is 1.50. The van der Waals surface area contributed by atoms with Gasteiger partial charge in [0.2, 0.25) is 5.91 Å². The van der Waals surface area contributed by atoms with Crippen molar-refractivity contribution in [2.75, 3.05) is 0 Å². The maximum atomic E-state index is 10.7. The molecule has 2 aliphatic heterocycles. The summed E-state index contributed by atoms with van der Waals surface area (Å²) in [4.78, 5) is 21.3. The highest BCUT2D eigenvalue weighted by atomic mass is 16.6. The lowest BCUT2D eigenvalue weighted by Gasteiger charge is -1.98. The Morgan fingerprint density at radius 2 is 2.30 bits per heavy atom. The van der Waals surface area contributed by atoms with E-state index in [9.17, 15) is 9.59 Å². The van der Waals surface area contributed by atoms with Crippen LogP contribution in [0.2, 0.25) is 0 Å². The third-order valence-electron chi connectivity index (χ3n) is 1.50. The summed E-state index contributed by atoms with van der Waals surface area (Å²) in [5.41, 5.74) is 0. The molecule has 2 N–H and O–H groups in total. The highest BCUT2D eigenvalue weighted by molar-refractivity contribution is 5.95. The van der Waals surface area contributed by atoms with Crippen molar-refractivity contribution < 1.29 is 14.3 Å². The van der Waals surface area contributed by atoms with E-state index in [4.69, 9.17) is 4.74 Å². The number of rotatable bonds is 0. The quantitative estimate of drug-likeness (QED) is 0.423. The summed E-state index contributed by atoms with van der Waals surface area (Å²) < 4.78 is 4.91. The molecule has 2 atom stereocenters. The maximum Gasteiger partial charge on any atom is 0.323 e. The van der Waals surface area contributed by atoms with Crippen molar-refractivity contribution in [3.8, 4) is 0 Å². The Morgan fingerprint density at radius 3 is 3.10 bits per heavy atom. The standard InChI is InChI=1S/C5H6N2O3/c8-3-1-2-4(10-2)7-5(9)6-3/h2,4H,1H2,(H2,6,7,8,9). The van der Waals surface area contributed by atoms with Crippen LogP contribution in [0.3, 0.4) is 0 Å². The van der Waals surface area contributed by atoms with Gasteiger partial charge in [0.05, 0.1) is 6.42 Å². The molecule has 3 amide bonds. The molecule has 2 saturated heterocycles. The topological polar surface area (TPSA) is 70.7 Å². The van der Waals surface area contributed by atoms with Gasteiger partial charge in [-0.05, 0) is 0 Å². The molecule has 10 heavy (non-hydrogen) atoms. The Labute approximate surface area is 56.7 Å². The number of carbonyl (C=O) groups excluding carboxylic acids is 2. The molecular weight excluding hydrogens is 136 g/mol.